The molecule has 0 fully saturated rings. The van der Waals surface area contributed by atoms with E-state index in [1.165, 1.54) is 7.11 Å². The molecule has 1 rings (SSSR count). The lowest BCUT2D eigenvalue weighted by atomic mass is 10.1. The van der Waals surface area contributed by atoms with Crippen LogP contribution in [0.5, 0.6) is 0 Å². The molecule has 0 aliphatic carbocycles. The molecule has 106 valence electrons. The quantitative estimate of drug-likeness (QED) is 0.803. The summed E-state index contributed by atoms with van der Waals surface area (Å²) in [7, 11) is -2.30. The van der Waals surface area contributed by atoms with Gasteiger partial charge in [0.05, 0.1) is 12.9 Å². The van der Waals surface area contributed by atoms with Crippen LogP contribution in [0, 0.1) is 5.92 Å². The smallest absolute Gasteiger partial charge is 0.328 e. The summed E-state index contributed by atoms with van der Waals surface area (Å²) in [5.74, 6) is -0.682. The maximum atomic E-state index is 11.9. The molecule has 0 spiro atoms. The Morgan fingerprint density at radius 3 is 2.32 bits per heavy atom. The Kier molecular flexibility index (Phi) is 5.50. The number of hydrogen-bond donors (Lipinski definition) is 1. The first-order chi connectivity index (χ1) is 8.85. The number of methoxy groups -OCH3 is 1. The van der Waals surface area contributed by atoms with Gasteiger partial charge in [0.1, 0.15) is 6.04 Å². The van der Waals surface area contributed by atoms with Gasteiger partial charge in [0.15, 0.2) is 0 Å². The monoisotopic (exact) mass is 285 g/mol. The Balaban J connectivity index is 2.98. The molecule has 0 radical (unpaired) electrons. The molecule has 0 saturated heterocycles. The van der Waals surface area contributed by atoms with Crippen molar-refractivity contribution in [3.05, 3.63) is 35.9 Å². The summed E-state index contributed by atoms with van der Waals surface area (Å²) >= 11 is 0. The molecule has 19 heavy (non-hydrogen) atoms. The van der Waals surface area contributed by atoms with Gasteiger partial charge >= 0.3 is 5.97 Å². The molecular weight excluding hydrogens is 266 g/mol. The third-order valence-corrected chi connectivity index (χ3v) is 4.12. The third-order valence-electron chi connectivity index (χ3n) is 2.42. The molecule has 0 bridgehead atoms. The second-order valence-electron chi connectivity index (χ2n) is 4.66. The average Bonchev–Trinajstić information content (AvgIpc) is 2.34. The van der Waals surface area contributed by atoms with Gasteiger partial charge in [-0.15, -0.1) is 0 Å². The normalized spacial score (nSPS) is 13.3. The number of ether oxygens (including phenoxy) is 1. The number of sulfonamides is 1. The first-order valence-corrected chi connectivity index (χ1v) is 7.63. The van der Waals surface area contributed by atoms with Crippen LogP contribution in [0.1, 0.15) is 25.5 Å². The first kappa shape index (κ1) is 15.7. The van der Waals surface area contributed by atoms with Crippen LogP contribution >= 0.6 is 0 Å². The first-order valence-electron chi connectivity index (χ1n) is 5.98. The van der Waals surface area contributed by atoms with E-state index in [9.17, 15) is 13.2 Å². The molecule has 0 aromatic heterocycles. The highest BCUT2D eigenvalue weighted by Gasteiger charge is 2.27. The molecule has 6 heteroatoms. The molecular formula is C13H19NO4S. The van der Waals surface area contributed by atoms with Crippen molar-refractivity contribution in [2.75, 3.05) is 12.9 Å². The van der Waals surface area contributed by atoms with E-state index in [1.807, 2.05) is 0 Å². The summed E-state index contributed by atoms with van der Waals surface area (Å²) in [5.41, 5.74) is 0.557. The van der Waals surface area contributed by atoms with Crippen molar-refractivity contribution in [2.24, 2.45) is 5.92 Å². The van der Waals surface area contributed by atoms with E-state index >= 15 is 0 Å². The molecule has 0 saturated carbocycles. The van der Waals surface area contributed by atoms with E-state index in [2.05, 4.69) is 9.46 Å². The number of benzene rings is 1. The van der Waals surface area contributed by atoms with E-state index in [0.717, 1.165) is 0 Å². The Bertz CT molecular complexity index is 511. The van der Waals surface area contributed by atoms with Gasteiger partial charge in [0.2, 0.25) is 10.0 Å². The third kappa shape index (κ3) is 5.00. The summed E-state index contributed by atoms with van der Waals surface area (Å²) in [6.45, 7) is 3.60. The fourth-order valence-electron chi connectivity index (χ4n) is 1.68. The van der Waals surface area contributed by atoms with Gasteiger partial charge < -0.3 is 4.74 Å². The predicted octanol–water partition coefficient (Wildman–Crippen LogP) is 1.48. The fraction of sp³-hybridized carbons (Fsp3) is 0.462. The van der Waals surface area contributed by atoms with Crippen LogP contribution in [0.3, 0.4) is 0 Å². The zero-order chi connectivity index (χ0) is 14.5. The van der Waals surface area contributed by atoms with Crippen molar-refractivity contribution in [2.45, 2.75) is 19.9 Å². The Morgan fingerprint density at radius 1 is 1.26 bits per heavy atom. The van der Waals surface area contributed by atoms with Crippen molar-refractivity contribution in [3.8, 4) is 0 Å². The average molecular weight is 285 g/mol. The van der Waals surface area contributed by atoms with Crippen molar-refractivity contribution < 1.29 is 17.9 Å². The highest BCUT2D eigenvalue weighted by Crippen LogP contribution is 2.16. The van der Waals surface area contributed by atoms with Gasteiger partial charge in [0.25, 0.3) is 0 Å². The number of carbonyl (C=O) groups excluding carboxylic acids is 1. The summed E-state index contributed by atoms with van der Waals surface area (Å²) in [4.78, 5) is 11.7. The van der Waals surface area contributed by atoms with Gasteiger partial charge in [-0.2, -0.15) is 4.72 Å². The Morgan fingerprint density at radius 2 is 1.84 bits per heavy atom. The standard InChI is InChI=1S/C13H19NO4S/c1-10(2)9-19(16,17)14-12(13(15)18-3)11-7-5-4-6-8-11/h4-8,10,12,14H,9H2,1-3H3. The zero-order valence-electron chi connectivity index (χ0n) is 11.3. The minimum absolute atomic E-state index is 0.0217. The van der Waals surface area contributed by atoms with Gasteiger partial charge in [-0.3, -0.25) is 0 Å². The van der Waals surface area contributed by atoms with E-state index in [4.69, 9.17) is 0 Å². The molecule has 0 aliphatic heterocycles. The van der Waals surface area contributed by atoms with Gasteiger partial charge in [0, 0.05) is 0 Å². The van der Waals surface area contributed by atoms with Crippen LogP contribution in [0.2, 0.25) is 0 Å². The minimum atomic E-state index is -3.53. The number of rotatable bonds is 6. The van der Waals surface area contributed by atoms with Gasteiger partial charge in [-0.25, -0.2) is 13.2 Å². The molecule has 0 amide bonds. The second kappa shape index (κ2) is 6.68. The predicted molar refractivity (Wildman–Crippen MR) is 73.0 cm³/mol. The summed E-state index contributed by atoms with van der Waals surface area (Å²) in [6, 6.07) is 7.62. The topological polar surface area (TPSA) is 72.5 Å². The highest BCUT2D eigenvalue weighted by molar-refractivity contribution is 7.89. The van der Waals surface area contributed by atoms with Crippen molar-refractivity contribution in [1.29, 1.82) is 0 Å². The Hall–Kier alpha value is -1.40. The van der Waals surface area contributed by atoms with Crippen molar-refractivity contribution in [1.82, 2.24) is 4.72 Å². The summed E-state index contributed by atoms with van der Waals surface area (Å²) in [5, 5.41) is 0. The minimum Gasteiger partial charge on any atom is -0.468 e. The molecule has 1 aromatic carbocycles. The lowest BCUT2D eigenvalue weighted by Crippen LogP contribution is -2.36. The molecule has 1 N–H and O–H groups in total. The van der Waals surface area contributed by atoms with Gasteiger partial charge in [-0.05, 0) is 11.5 Å². The van der Waals surface area contributed by atoms with Crippen LogP contribution in [0.4, 0.5) is 0 Å². The number of hydrogen-bond acceptors (Lipinski definition) is 4. The number of nitrogens with one attached hydrogen (secondary N) is 1. The van der Waals surface area contributed by atoms with Crippen molar-refractivity contribution in [3.63, 3.8) is 0 Å². The van der Waals surface area contributed by atoms with Crippen LogP contribution in [0.25, 0.3) is 0 Å². The lowest BCUT2D eigenvalue weighted by Gasteiger charge is -2.17. The van der Waals surface area contributed by atoms with E-state index in [0.29, 0.717) is 5.56 Å². The lowest BCUT2D eigenvalue weighted by molar-refractivity contribution is -0.142. The van der Waals surface area contributed by atoms with E-state index in [1.54, 1.807) is 44.2 Å². The largest absolute Gasteiger partial charge is 0.468 e. The van der Waals surface area contributed by atoms with Crippen LogP contribution in [-0.4, -0.2) is 27.2 Å². The molecule has 0 aliphatic rings. The number of esters is 1. The maximum Gasteiger partial charge on any atom is 0.328 e. The van der Waals surface area contributed by atoms with Crippen LogP contribution in [0.15, 0.2) is 30.3 Å². The molecule has 5 nitrogen and oxygen atoms in total. The van der Waals surface area contributed by atoms with Crippen LogP contribution < -0.4 is 4.72 Å². The second-order valence-corrected chi connectivity index (χ2v) is 6.46. The van der Waals surface area contributed by atoms with Crippen LogP contribution in [-0.2, 0) is 19.6 Å². The highest BCUT2D eigenvalue weighted by atomic mass is 32.2. The van der Waals surface area contributed by atoms with E-state index in [-0.39, 0.29) is 11.7 Å². The van der Waals surface area contributed by atoms with Crippen molar-refractivity contribution >= 4 is 16.0 Å². The zero-order valence-corrected chi connectivity index (χ0v) is 12.1. The molecule has 1 unspecified atom stereocenters. The molecule has 1 aromatic rings. The number of carbonyl (C=O) groups is 1. The maximum absolute atomic E-state index is 11.9. The van der Waals surface area contributed by atoms with E-state index < -0.39 is 22.0 Å². The molecule has 0 heterocycles. The SMILES string of the molecule is COC(=O)C(NS(=O)(=O)CC(C)C)c1ccccc1. The Labute approximate surface area is 114 Å². The van der Waals surface area contributed by atoms with Gasteiger partial charge in [-0.1, -0.05) is 44.2 Å². The summed E-state index contributed by atoms with van der Waals surface area (Å²) < 4.78 is 30.9. The fourth-order valence-corrected chi connectivity index (χ4v) is 3.25. The molecule has 1 atom stereocenters. The summed E-state index contributed by atoms with van der Waals surface area (Å²) in [6.07, 6.45) is 0.